The number of piperidine rings is 1. The fraction of sp³-hybridized carbons (Fsp3) is 1.00. The lowest BCUT2D eigenvalue weighted by molar-refractivity contribution is 0.139. The van der Waals surface area contributed by atoms with E-state index in [2.05, 4.69) is 31.0 Å². The topological polar surface area (TPSA) is 15.3 Å². The van der Waals surface area contributed by atoms with Crippen LogP contribution in [0, 0.1) is 11.8 Å². The molecule has 0 aliphatic carbocycles. The van der Waals surface area contributed by atoms with E-state index in [0.29, 0.717) is 0 Å². The molecule has 0 spiro atoms. The highest BCUT2D eigenvalue weighted by Crippen LogP contribution is 2.20. The van der Waals surface area contributed by atoms with Gasteiger partial charge in [-0.05, 0) is 50.7 Å². The maximum absolute atomic E-state index is 3.47. The van der Waals surface area contributed by atoms with Gasteiger partial charge in [-0.25, -0.2) is 0 Å². The third-order valence-corrected chi connectivity index (χ3v) is 3.20. The summed E-state index contributed by atoms with van der Waals surface area (Å²) in [6.45, 7) is 13.3. The van der Waals surface area contributed by atoms with Crippen molar-refractivity contribution in [2.75, 3.05) is 32.7 Å². The zero-order valence-electron chi connectivity index (χ0n) is 10.8. The summed E-state index contributed by atoms with van der Waals surface area (Å²) in [6, 6.07) is 0. The minimum absolute atomic E-state index is 0.900. The minimum atomic E-state index is 0.900. The summed E-state index contributed by atoms with van der Waals surface area (Å²) >= 11 is 0. The molecule has 0 aromatic carbocycles. The Morgan fingerprint density at radius 1 is 1.13 bits per heavy atom. The van der Waals surface area contributed by atoms with Crippen LogP contribution in [-0.4, -0.2) is 37.6 Å². The first kappa shape index (κ1) is 13.0. The molecule has 2 nitrogen and oxygen atoms in total. The van der Waals surface area contributed by atoms with E-state index in [9.17, 15) is 0 Å². The van der Waals surface area contributed by atoms with Gasteiger partial charge in [-0.2, -0.15) is 0 Å². The number of nitrogens with one attached hydrogen (secondary N) is 1. The maximum atomic E-state index is 3.47. The van der Waals surface area contributed by atoms with Gasteiger partial charge in [-0.15, -0.1) is 0 Å². The summed E-state index contributed by atoms with van der Waals surface area (Å²) < 4.78 is 0. The van der Waals surface area contributed by atoms with E-state index in [-0.39, 0.29) is 0 Å². The number of hydrogen-bond donors (Lipinski definition) is 1. The lowest BCUT2D eigenvalue weighted by Crippen LogP contribution is -2.39. The van der Waals surface area contributed by atoms with Crippen molar-refractivity contribution in [2.24, 2.45) is 11.8 Å². The molecule has 1 N–H and O–H groups in total. The lowest BCUT2D eigenvalue weighted by Gasteiger charge is -2.34. The second kappa shape index (κ2) is 7.24. The third kappa shape index (κ3) is 5.53. The Balaban J connectivity index is 2.04. The largest absolute Gasteiger partial charge is 0.317 e. The van der Waals surface area contributed by atoms with Crippen LogP contribution in [0.1, 0.15) is 40.0 Å². The van der Waals surface area contributed by atoms with E-state index in [1.807, 2.05) is 0 Å². The predicted octanol–water partition coefficient (Wildman–Crippen LogP) is 2.35. The van der Waals surface area contributed by atoms with Gasteiger partial charge in [0.15, 0.2) is 0 Å². The van der Waals surface area contributed by atoms with Crippen LogP contribution in [0.5, 0.6) is 0 Å². The Morgan fingerprint density at radius 2 is 1.80 bits per heavy atom. The van der Waals surface area contributed by atoms with Crippen LogP contribution in [0.15, 0.2) is 0 Å². The van der Waals surface area contributed by atoms with E-state index in [1.54, 1.807) is 0 Å². The Labute approximate surface area is 95.4 Å². The van der Waals surface area contributed by atoms with Crippen LogP contribution >= 0.6 is 0 Å². The lowest BCUT2D eigenvalue weighted by atomic mass is 9.92. The van der Waals surface area contributed by atoms with Gasteiger partial charge in [-0.3, -0.25) is 0 Å². The molecule has 2 atom stereocenters. The molecule has 0 aromatic heterocycles. The molecule has 1 aliphatic heterocycles. The van der Waals surface area contributed by atoms with E-state index < -0.39 is 0 Å². The first-order chi connectivity index (χ1) is 7.22. The van der Waals surface area contributed by atoms with Crippen LogP contribution in [0.4, 0.5) is 0 Å². The summed E-state index contributed by atoms with van der Waals surface area (Å²) in [7, 11) is 0. The average molecular weight is 212 g/mol. The molecule has 0 radical (unpaired) electrons. The highest BCUT2D eigenvalue weighted by atomic mass is 15.1. The van der Waals surface area contributed by atoms with Crippen LogP contribution in [0.25, 0.3) is 0 Å². The smallest absolute Gasteiger partial charge is 0.000725 e. The molecule has 1 rings (SSSR count). The van der Waals surface area contributed by atoms with Gasteiger partial charge >= 0.3 is 0 Å². The predicted molar refractivity (Wildman–Crippen MR) is 67.2 cm³/mol. The molecule has 1 aliphatic rings. The highest BCUT2D eigenvalue weighted by Gasteiger charge is 2.20. The van der Waals surface area contributed by atoms with Gasteiger partial charge in [0.1, 0.15) is 0 Å². The van der Waals surface area contributed by atoms with Crippen molar-refractivity contribution in [1.82, 2.24) is 10.2 Å². The van der Waals surface area contributed by atoms with Crippen LogP contribution in [0.3, 0.4) is 0 Å². The third-order valence-electron chi connectivity index (χ3n) is 3.20. The quantitative estimate of drug-likeness (QED) is 0.680. The van der Waals surface area contributed by atoms with Gasteiger partial charge in [-0.1, -0.05) is 20.8 Å². The van der Waals surface area contributed by atoms with Gasteiger partial charge in [0.25, 0.3) is 0 Å². The van der Waals surface area contributed by atoms with Crippen molar-refractivity contribution in [3.8, 4) is 0 Å². The van der Waals surface area contributed by atoms with Gasteiger partial charge < -0.3 is 10.2 Å². The summed E-state index contributed by atoms with van der Waals surface area (Å²) in [5.74, 6) is 1.80. The molecule has 1 fully saturated rings. The zero-order valence-corrected chi connectivity index (χ0v) is 10.8. The van der Waals surface area contributed by atoms with Crippen molar-refractivity contribution in [3.05, 3.63) is 0 Å². The molecular formula is C13H28N2. The minimum Gasteiger partial charge on any atom is -0.317 e. The van der Waals surface area contributed by atoms with Crippen molar-refractivity contribution in [1.29, 1.82) is 0 Å². The van der Waals surface area contributed by atoms with Crippen LogP contribution < -0.4 is 5.32 Å². The average Bonchev–Trinajstić information content (AvgIpc) is 2.16. The summed E-state index contributed by atoms with van der Waals surface area (Å²) in [4.78, 5) is 2.65. The molecule has 15 heavy (non-hydrogen) atoms. The van der Waals surface area contributed by atoms with Crippen molar-refractivity contribution in [2.45, 2.75) is 40.0 Å². The summed E-state index contributed by atoms with van der Waals surface area (Å²) in [6.07, 6.45) is 3.97. The first-order valence-corrected chi connectivity index (χ1v) is 6.65. The fourth-order valence-electron chi connectivity index (χ4n) is 2.70. The number of rotatable bonds is 6. The van der Waals surface area contributed by atoms with Gasteiger partial charge in [0.05, 0.1) is 0 Å². The SMILES string of the molecule is CCCNCCCN1CC(C)CC(C)C1. The molecule has 90 valence electrons. The number of likely N-dealkylation sites (tertiary alicyclic amines) is 1. The fourth-order valence-corrected chi connectivity index (χ4v) is 2.70. The number of nitrogens with zero attached hydrogens (tertiary/aromatic N) is 1. The number of hydrogen-bond acceptors (Lipinski definition) is 2. The van der Waals surface area contributed by atoms with E-state index in [4.69, 9.17) is 0 Å². The normalized spacial score (nSPS) is 28.2. The molecule has 0 amide bonds. The second-order valence-corrected chi connectivity index (χ2v) is 5.31. The zero-order chi connectivity index (χ0) is 11.1. The summed E-state index contributed by atoms with van der Waals surface area (Å²) in [5, 5.41) is 3.47. The first-order valence-electron chi connectivity index (χ1n) is 6.65. The molecule has 0 saturated carbocycles. The molecule has 1 saturated heterocycles. The maximum Gasteiger partial charge on any atom is 0.000725 e. The second-order valence-electron chi connectivity index (χ2n) is 5.31. The summed E-state index contributed by atoms with van der Waals surface area (Å²) in [5.41, 5.74) is 0. The monoisotopic (exact) mass is 212 g/mol. The molecule has 0 bridgehead atoms. The van der Waals surface area contributed by atoms with Gasteiger partial charge in [0.2, 0.25) is 0 Å². The van der Waals surface area contributed by atoms with E-state index in [1.165, 1.54) is 52.0 Å². The molecule has 2 unspecified atom stereocenters. The Bertz CT molecular complexity index is 149. The Morgan fingerprint density at radius 3 is 2.40 bits per heavy atom. The molecule has 0 aromatic rings. The van der Waals surface area contributed by atoms with Crippen LogP contribution in [-0.2, 0) is 0 Å². The standard InChI is InChI=1S/C13H28N2/c1-4-6-14-7-5-8-15-10-12(2)9-13(3)11-15/h12-14H,4-11H2,1-3H3. The van der Waals surface area contributed by atoms with Crippen molar-refractivity contribution in [3.63, 3.8) is 0 Å². The van der Waals surface area contributed by atoms with Crippen molar-refractivity contribution >= 4 is 0 Å². The Hall–Kier alpha value is -0.0800. The van der Waals surface area contributed by atoms with Crippen LogP contribution in [0.2, 0.25) is 0 Å². The highest BCUT2D eigenvalue weighted by molar-refractivity contribution is 4.74. The van der Waals surface area contributed by atoms with Crippen molar-refractivity contribution < 1.29 is 0 Å². The Kier molecular flexibility index (Phi) is 6.26. The van der Waals surface area contributed by atoms with E-state index in [0.717, 1.165) is 11.8 Å². The molecular weight excluding hydrogens is 184 g/mol. The molecule has 2 heteroatoms. The van der Waals surface area contributed by atoms with E-state index >= 15 is 0 Å². The molecule has 1 heterocycles. The van der Waals surface area contributed by atoms with Gasteiger partial charge in [0, 0.05) is 13.1 Å².